The Balaban J connectivity index is 1.51. The largest absolute Gasteiger partial charge is 0.497 e. The van der Waals surface area contributed by atoms with Crippen molar-refractivity contribution in [1.82, 2.24) is 24.8 Å². The molecule has 1 saturated heterocycles. The molecule has 1 aromatic carbocycles. The Hall–Kier alpha value is -2.46. The number of carbonyl (C=O) groups excluding carboxylic acids is 1. The number of H-pyrrole nitrogens is 1. The van der Waals surface area contributed by atoms with E-state index in [4.69, 9.17) is 4.74 Å². The molecule has 1 aromatic heterocycles. The SMILES string of the molecule is CCS(=O)(=O)N1CCC(C(=O)NCc2nc(-c3ccc(OC)cc3)n[nH]2)CC1. The Morgan fingerprint density at radius 1 is 1.29 bits per heavy atom. The topological polar surface area (TPSA) is 117 Å². The number of piperidine rings is 1. The van der Waals surface area contributed by atoms with E-state index in [1.54, 1.807) is 14.0 Å². The van der Waals surface area contributed by atoms with Gasteiger partial charge >= 0.3 is 0 Å². The maximum atomic E-state index is 12.4. The maximum absolute atomic E-state index is 12.4. The number of hydrogen-bond acceptors (Lipinski definition) is 6. The first kappa shape index (κ1) is 20.3. The van der Waals surface area contributed by atoms with Gasteiger partial charge < -0.3 is 10.1 Å². The van der Waals surface area contributed by atoms with Crippen LogP contribution in [-0.2, 0) is 21.4 Å². The minimum absolute atomic E-state index is 0.0871. The fourth-order valence-corrected chi connectivity index (χ4v) is 4.27. The van der Waals surface area contributed by atoms with E-state index < -0.39 is 10.0 Å². The van der Waals surface area contributed by atoms with E-state index in [1.807, 2.05) is 24.3 Å². The summed E-state index contributed by atoms with van der Waals surface area (Å²) in [5.74, 6) is 1.68. The van der Waals surface area contributed by atoms with Gasteiger partial charge in [-0.3, -0.25) is 9.89 Å². The van der Waals surface area contributed by atoms with Crippen molar-refractivity contribution >= 4 is 15.9 Å². The third kappa shape index (κ3) is 4.68. The van der Waals surface area contributed by atoms with Crippen molar-refractivity contribution in [3.8, 4) is 17.1 Å². The highest BCUT2D eigenvalue weighted by Gasteiger charge is 2.30. The van der Waals surface area contributed by atoms with E-state index in [-0.39, 0.29) is 24.1 Å². The molecular formula is C18H25N5O4S. The fraction of sp³-hybridized carbons (Fsp3) is 0.500. The lowest BCUT2D eigenvalue weighted by Crippen LogP contribution is -2.43. The van der Waals surface area contributed by atoms with Crippen LogP contribution >= 0.6 is 0 Å². The molecule has 0 spiro atoms. The molecule has 0 atom stereocenters. The number of aromatic amines is 1. The predicted octanol–water partition coefficient (Wildman–Crippen LogP) is 1.16. The van der Waals surface area contributed by atoms with Crippen LogP contribution in [0.1, 0.15) is 25.6 Å². The molecule has 0 radical (unpaired) electrons. The van der Waals surface area contributed by atoms with Crippen molar-refractivity contribution in [3.63, 3.8) is 0 Å². The number of methoxy groups -OCH3 is 1. The summed E-state index contributed by atoms with van der Waals surface area (Å²) in [6.45, 7) is 2.65. The first-order valence-electron chi connectivity index (χ1n) is 9.24. The lowest BCUT2D eigenvalue weighted by atomic mass is 9.97. The molecule has 9 nitrogen and oxygen atoms in total. The summed E-state index contributed by atoms with van der Waals surface area (Å²) in [5, 5.41) is 9.87. The number of benzene rings is 1. The van der Waals surface area contributed by atoms with E-state index in [1.165, 1.54) is 4.31 Å². The maximum Gasteiger partial charge on any atom is 0.223 e. The highest BCUT2D eigenvalue weighted by molar-refractivity contribution is 7.89. The summed E-state index contributed by atoms with van der Waals surface area (Å²) in [6.07, 6.45) is 1.05. The van der Waals surface area contributed by atoms with Gasteiger partial charge in [0.1, 0.15) is 11.6 Å². The molecule has 1 amide bonds. The molecule has 0 aliphatic carbocycles. The Labute approximate surface area is 164 Å². The van der Waals surface area contributed by atoms with Gasteiger partial charge in [-0.2, -0.15) is 5.10 Å². The van der Waals surface area contributed by atoms with Crippen LogP contribution in [0.15, 0.2) is 24.3 Å². The third-order valence-electron chi connectivity index (χ3n) is 4.89. The van der Waals surface area contributed by atoms with E-state index in [2.05, 4.69) is 20.5 Å². The van der Waals surface area contributed by atoms with Gasteiger partial charge in [-0.25, -0.2) is 17.7 Å². The van der Waals surface area contributed by atoms with Gasteiger partial charge in [0.05, 0.1) is 19.4 Å². The molecule has 1 fully saturated rings. The molecular weight excluding hydrogens is 382 g/mol. The molecule has 3 rings (SSSR count). The highest BCUT2D eigenvalue weighted by Crippen LogP contribution is 2.21. The molecule has 0 bridgehead atoms. The Morgan fingerprint density at radius 2 is 1.96 bits per heavy atom. The molecule has 1 aliphatic rings. The summed E-state index contributed by atoms with van der Waals surface area (Å²) in [4.78, 5) is 16.8. The van der Waals surface area contributed by atoms with Crippen molar-refractivity contribution < 1.29 is 17.9 Å². The number of carbonyl (C=O) groups is 1. The number of sulfonamides is 1. The van der Waals surface area contributed by atoms with Crippen molar-refractivity contribution in [2.45, 2.75) is 26.3 Å². The molecule has 28 heavy (non-hydrogen) atoms. The minimum Gasteiger partial charge on any atom is -0.497 e. The van der Waals surface area contributed by atoms with Gasteiger partial charge in [0.15, 0.2) is 5.82 Å². The first-order valence-corrected chi connectivity index (χ1v) is 10.8. The van der Waals surface area contributed by atoms with Crippen molar-refractivity contribution in [3.05, 3.63) is 30.1 Å². The molecule has 2 aromatic rings. The Bertz CT molecular complexity index is 902. The van der Waals surface area contributed by atoms with Gasteiger partial charge in [0, 0.05) is 24.6 Å². The standard InChI is InChI=1S/C18H25N5O4S/c1-3-28(25,26)23-10-8-14(9-11-23)18(24)19-12-16-20-17(22-21-16)13-4-6-15(27-2)7-5-13/h4-7,14H,3,8-12H2,1-2H3,(H,19,24)(H,20,21,22). The molecule has 2 heterocycles. The van der Waals surface area contributed by atoms with Crippen molar-refractivity contribution in [1.29, 1.82) is 0 Å². The lowest BCUT2D eigenvalue weighted by molar-refractivity contribution is -0.126. The average molecular weight is 407 g/mol. The van der Waals surface area contributed by atoms with Crippen molar-refractivity contribution in [2.75, 3.05) is 26.0 Å². The van der Waals surface area contributed by atoms with Crippen LogP contribution in [0.5, 0.6) is 5.75 Å². The first-order chi connectivity index (χ1) is 13.4. The van der Waals surface area contributed by atoms with Crippen LogP contribution in [-0.4, -0.2) is 59.8 Å². The predicted molar refractivity (Wildman–Crippen MR) is 104 cm³/mol. The highest BCUT2D eigenvalue weighted by atomic mass is 32.2. The smallest absolute Gasteiger partial charge is 0.223 e. The van der Waals surface area contributed by atoms with E-state index in [0.717, 1.165) is 11.3 Å². The molecule has 0 unspecified atom stereocenters. The fourth-order valence-electron chi connectivity index (χ4n) is 3.14. The number of hydrogen-bond donors (Lipinski definition) is 2. The summed E-state index contributed by atoms with van der Waals surface area (Å²) in [7, 11) is -1.58. The van der Waals surface area contributed by atoms with Gasteiger partial charge in [-0.1, -0.05) is 0 Å². The van der Waals surface area contributed by atoms with Crippen LogP contribution in [0.3, 0.4) is 0 Å². The van der Waals surface area contributed by atoms with E-state index >= 15 is 0 Å². The van der Waals surface area contributed by atoms with Gasteiger partial charge in [0.2, 0.25) is 15.9 Å². The quantitative estimate of drug-likeness (QED) is 0.711. The monoisotopic (exact) mass is 407 g/mol. The summed E-state index contributed by atoms with van der Waals surface area (Å²) in [5.41, 5.74) is 0.846. The van der Waals surface area contributed by atoms with Crippen LogP contribution in [0.4, 0.5) is 0 Å². The van der Waals surface area contributed by atoms with Gasteiger partial charge in [-0.15, -0.1) is 0 Å². The van der Waals surface area contributed by atoms with E-state index in [9.17, 15) is 13.2 Å². The molecule has 152 valence electrons. The summed E-state index contributed by atoms with van der Waals surface area (Å²) < 4.78 is 30.4. The second kappa shape index (κ2) is 8.70. The number of nitrogens with one attached hydrogen (secondary N) is 2. The molecule has 0 saturated carbocycles. The number of rotatable bonds is 7. The Kier molecular flexibility index (Phi) is 6.30. The zero-order valence-electron chi connectivity index (χ0n) is 16.0. The van der Waals surface area contributed by atoms with Crippen molar-refractivity contribution in [2.24, 2.45) is 5.92 Å². The van der Waals surface area contributed by atoms with Crippen LogP contribution < -0.4 is 10.1 Å². The zero-order chi connectivity index (χ0) is 20.1. The average Bonchev–Trinajstić information content (AvgIpc) is 3.21. The minimum atomic E-state index is -3.18. The Morgan fingerprint density at radius 3 is 2.57 bits per heavy atom. The van der Waals surface area contributed by atoms with Crippen LogP contribution in [0.25, 0.3) is 11.4 Å². The number of amides is 1. The number of ether oxygens (including phenoxy) is 1. The summed E-state index contributed by atoms with van der Waals surface area (Å²) in [6, 6.07) is 7.39. The lowest BCUT2D eigenvalue weighted by Gasteiger charge is -2.30. The second-order valence-electron chi connectivity index (χ2n) is 6.63. The molecule has 2 N–H and O–H groups in total. The number of nitrogens with zero attached hydrogens (tertiary/aromatic N) is 3. The third-order valence-corrected chi connectivity index (χ3v) is 6.77. The number of aromatic nitrogens is 3. The van der Waals surface area contributed by atoms with Crippen LogP contribution in [0.2, 0.25) is 0 Å². The van der Waals surface area contributed by atoms with Gasteiger partial charge in [0.25, 0.3) is 0 Å². The van der Waals surface area contributed by atoms with Crippen LogP contribution in [0, 0.1) is 5.92 Å². The normalized spacial score (nSPS) is 16.1. The zero-order valence-corrected chi connectivity index (χ0v) is 16.8. The van der Waals surface area contributed by atoms with E-state index in [0.29, 0.717) is 37.6 Å². The molecule has 10 heteroatoms. The summed E-state index contributed by atoms with van der Waals surface area (Å²) >= 11 is 0. The van der Waals surface area contributed by atoms with Gasteiger partial charge in [-0.05, 0) is 44.0 Å². The second-order valence-corrected chi connectivity index (χ2v) is 8.88. The molecule has 1 aliphatic heterocycles.